The second-order valence-corrected chi connectivity index (χ2v) is 8.95. The van der Waals surface area contributed by atoms with E-state index in [-0.39, 0.29) is 6.09 Å². The van der Waals surface area contributed by atoms with Gasteiger partial charge in [-0.3, -0.25) is 0 Å². The van der Waals surface area contributed by atoms with Gasteiger partial charge in [0.25, 0.3) is 0 Å². The largest absolute Gasteiger partial charge is 0.449 e. The maximum absolute atomic E-state index is 12.6. The summed E-state index contributed by atoms with van der Waals surface area (Å²) in [5.74, 6) is 1.01. The summed E-state index contributed by atoms with van der Waals surface area (Å²) in [4.78, 5) is 21.9. The van der Waals surface area contributed by atoms with Crippen LogP contribution in [-0.2, 0) is 4.74 Å². The summed E-state index contributed by atoms with van der Waals surface area (Å²) in [5, 5.41) is 0. The summed E-state index contributed by atoms with van der Waals surface area (Å²) in [7, 11) is 0. The average Bonchev–Trinajstić information content (AvgIpc) is 3.29. The number of hydrogen-bond donors (Lipinski definition) is 1. The SMILES string of the molecule is CCN(C(=O)OCC1CCCCC1)c1ncc(-c2ccc(-c3ccc(Br)cc3)cc2)[nH]1. The molecule has 4 rings (SSSR count). The van der Waals surface area contributed by atoms with Crippen molar-refractivity contribution >= 4 is 28.0 Å². The van der Waals surface area contributed by atoms with Gasteiger partial charge in [0.05, 0.1) is 18.5 Å². The van der Waals surface area contributed by atoms with E-state index in [2.05, 4.69) is 62.3 Å². The summed E-state index contributed by atoms with van der Waals surface area (Å²) >= 11 is 3.47. The molecule has 1 aliphatic rings. The molecule has 2 aromatic carbocycles. The molecule has 1 fully saturated rings. The molecule has 0 saturated heterocycles. The molecule has 1 amide bonds. The van der Waals surface area contributed by atoms with Crippen LogP contribution in [0.1, 0.15) is 39.0 Å². The van der Waals surface area contributed by atoms with Gasteiger partial charge in [0.15, 0.2) is 0 Å². The zero-order chi connectivity index (χ0) is 21.6. The van der Waals surface area contributed by atoms with E-state index in [4.69, 9.17) is 4.74 Å². The third-order valence-corrected chi connectivity index (χ3v) is 6.42. The maximum Gasteiger partial charge on any atom is 0.416 e. The summed E-state index contributed by atoms with van der Waals surface area (Å²) in [5.41, 5.74) is 4.21. The molecule has 3 aromatic rings. The number of aromatic nitrogens is 2. The standard InChI is InChI=1S/C25H28BrN3O2/c1-2-29(25(30)31-17-18-6-4-3-5-7-18)24-27-16-23(28-24)21-10-8-19(9-11-21)20-12-14-22(26)15-13-20/h8-16,18H,2-7,17H2,1H3,(H,27,28). The van der Waals surface area contributed by atoms with Crippen molar-refractivity contribution in [3.8, 4) is 22.4 Å². The van der Waals surface area contributed by atoms with E-state index in [9.17, 15) is 4.79 Å². The van der Waals surface area contributed by atoms with Gasteiger partial charge in [-0.25, -0.2) is 14.7 Å². The van der Waals surface area contributed by atoms with Crippen LogP contribution < -0.4 is 4.90 Å². The van der Waals surface area contributed by atoms with E-state index in [0.29, 0.717) is 25.0 Å². The Balaban J connectivity index is 1.42. The molecule has 0 aliphatic heterocycles. The Hall–Kier alpha value is -2.60. The van der Waals surface area contributed by atoms with Crippen molar-refractivity contribution in [2.24, 2.45) is 5.92 Å². The van der Waals surface area contributed by atoms with Gasteiger partial charge >= 0.3 is 6.09 Å². The number of nitrogens with zero attached hydrogens (tertiary/aromatic N) is 2. The Morgan fingerprint density at radius 1 is 1.03 bits per heavy atom. The lowest BCUT2D eigenvalue weighted by atomic mass is 9.90. The summed E-state index contributed by atoms with van der Waals surface area (Å²) in [6.45, 7) is 2.93. The molecular weight excluding hydrogens is 454 g/mol. The summed E-state index contributed by atoms with van der Waals surface area (Å²) < 4.78 is 6.67. The van der Waals surface area contributed by atoms with Crippen molar-refractivity contribution in [2.45, 2.75) is 39.0 Å². The molecule has 1 saturated carbocycles. The van der Waals surface area contributed by atoms with Crippen molar-refractivity contribution < 1.29 is 9.53 Å². The normalized spacial score (nSPS) is 14.4. The highest BCUT2D eigenvalue weighted by Gasteiger charge is 2.21. The first-order valence-electron chi connectivity index (χ1n) is 11.0. The third-order valence-electron chi connectivity index (χ3n) is 5.90. The number of aromatic amines is 1. The molecule has 1 aromatic heterocycles. The second-order valence-electron chi connectivity index (χ2n) is 8.03. The van der Waals surface area contributed by atoms with Crippen molar-refractivity contribution in [2.75, 3.05) is 18.1 Å². The molecular formula is C25H28BrN3O2. The maximum atomic E-state index is 12.6. The first kappa shape index (κ1) is 21.6. The van der Waals surface area contributed by atoms with Gasteiger partial charge in [-0.2, -0.15) is 0 Å². The van der Waals surface area contributed by atoms with E-state index >= 15 is 0 Å². The number of halogens is 1. The van der Waals surface area contributed by atoms with Gasteiger partial charge < -0.3 is 9.72 Å². The monoisotopic (exact) mass is 481 g/mol. The first-order valence-corrected chi connectivity index (χ1v) is 11.8. The average molecular weight is 482 g/mol. The molecule has 0 radical (unpaired) electrons. The predicted octanol–water partition coefficient (Wildman–Crippen LogP) is 7.05. The minimum Gasteiger partial charge on any atom is -0.449 e. The van der Waals surface area contributed by atoms with Crippen LogP contribution in [0.25, 0.3) is 22.4 Å². The van der Waals surface area contributed by atoms with Gasteiger partial charge in [0.2, 0.25) is 5.95 Å². The van der Waals surface area contributed by atoms with Crippen molar-refractivity contribution in [3.63, 3.8) is 0 Å². The minimum atomic E-state index is -0.334. The van der Waals surface area contributed by atoms with E-state index in [1.165, 1.54) is 19.3 Å². The number of carbonyl (C=O) groups excluding carboxylic acids is 1. The number of carbonyl (C=O) groups is 1. The quantitative estimate of drug-likeness (QED) is 0.410. The number of imidazole rings is 1. The van der Waals surface area contributed by atoms with Crippen molar-refractivity contribution in [1.29, 1.82) is 0 Å². The molecule has 6 heteroatoms. The van der Waals surface area contributed by atoms with Gasteiger partial charge in [-0.15, -0.1) is 0 Å². The lowest BCUT2D eigenvalue weighted by Gasteiger charge is -2.23. The van der Waals surface area contributed by atoms with Crippen molar-refractivity contribution in [1.82, 2.24) is 9.97 Å². The van der Waals surface area contributed by atoms with Crippen LogP contribution in [0.4, 0.5) is 10.7 Å². The van der Waals surface area contributed by atoms with Gasteiger partial charge in [0, 0.05) is 11.0 Å². The molecule has 1 aliphatic carbocycles. The van der Waals surface area contributed by atoms with E-state index in [1.54, 1.807) is 11.1 Å². The Bertz CT molecular complexity index is 992. The molecule has 0 unspecified atom stereocenters. The number of nitrogens with one attached hydrogen (secondary N) is 1. The Kier molecular flexibility index (Phi) is 7.07. The van der Waals surface area contributed by atoms with Crippen LogP contribution >= 0.6 is 15.9 Å². The lowest BCUT2D eigenvalue weighted by molar-refractivity contribution is 0.122. The fraction of sp³-hybridized carbons (Fsp3) is 0.360. The number of amides is 1. The zero-order valence-electron chi connectivity index (χ0n) is 17.8. The third kappa shape index (κ3) is 5.37. The number of H-pyrrole nitrogens is 1. The van der Waals surface area contributed by atoms with Crippen LogP contribution in [0, 0.1) is 5.92 Å². The molecule has 0 atom stereocenters. The Morgan fingerprint density at radius 2 is 1.65 bits per heavy atom. The number of benzene rings is 2. The predicted molar refractivity (Wildman–Crippen MR) is 128 cm³/mol. The lowest BCUT2D eigenvalue weighted by Crippen LogP contribution is -2.33. The van der Waals surface area contributed by atoms with E-state index in [0.717, 1.165) is 39.7 Å². The van der Waals surface area contributed by atoms with Crippen LogP contribution in [0.3, 0.4) is 0 Å². The van der Waals surface area contributed by atoms with Gasteiger partial charge in [0.1, 0.15) is 0 Å². The smallest absolute Gasteiger partial charge is 0.416 e. The molecule has 0 spiro atoms. The number of hydrogen-bond acceptors (Lipinski definition) is 3. The van der Waals surface area contributed by atoms with Gasteiger partial charge in [-0.1, -0.05) is 71.6 Å². The summed E-state index contributed by atoms with van der Waals surface area (Å²) in [6.07, 6.45) is 7.51. The molecule has 5 nitrogen and oxygen atoms in total. The highest BCUT2D eigenvalue weighted by Crippen LogP contribution is 2.27. The topological polar surface area (TPSA) is 58.2 Å². The fourth-order valence-corrected chi connectivity index (χ4v) is 4.33. The molecule has 1 N–H and O–H groups in total. The highest BCUT2D eigenvalue weighted by atomic mass is 79.9. The minimum absolute atomic E-state index is 0.334. The van der Waals surface area contributed by atoms with Gasteiger partial charge in [-0.05, 0) is 54.5 Å². The van der Waals surface area contributed by atoms with Crippen LogP contribution in [0.2, 0.25) is 0 Å². The molecule has 1 heterocycles. The van der Waals surface area contributed by atoms with E-state index in [1.807, 2.05) is 19.1 Å². The molecule has 0 bridgehead atoms. The van der Waals surface area contributed by atoms with Crippen LogP contribution in [-0.4, -0.2) is 29.2 Å². The molecule has 31 heavy (non-hydrogen) atoms. The zero-order valence-corrected chi connectivity index (χ0v) is 19.4. The Labute approximate surface area is 192 Å². The number of ether oxygens (including phenoxy) is 1. The second kappa shape index (κ2) is 10.1. The highest BCUT2D eigenvalue weighted by molar-refractivity contribution is 9.10. The van der Waals surface area contributed by atoms with Crippen molar-refractivity contribution in [3.05, 3.63) is 59.2 Å². The molecule has 162 valence electrons. The van der Waals surface area contributed by atoms with Crippen LogP contribution in [0.15, 0.2) is 59.2 Å². The number of anilines is 1. The van der Waals surface area contributed by atoms with E-state index < -0.39 is 0 Å². The first-order chi connectivity index (χ1) is 15.1. The number of rotatable bonds is 6. The fourth-order valence-electron chi connectivity index (χ4n) is 4.07. The Morgan fingerprint density at radius 3 is 2.29 bits per heavy atom. The summed E-state index contributed by atoms with van der Waals surface area (Å²) in [6, 6.07) is 16.6. The van der Waals surface area contributed by atoms with Crippen LogP contribution in [0.5, 0.6) is 0 Å².